The lowest BCUT2D eigenvalue weighted by Crippen LogP contribution is -2.40. The van der Waals surface area contributed by atoms with Crippen molar-refractivity contribution in [3.63, 3.8) is 0 Å². The van der Waals surface area contributed by atoms with Crippen molar-refractivity contribution in [3.05, 3.63) is 36.4 Å². The molecule has 0 atom stereocenters. The fraction of sp³-hybridized carbons (Fsp3) is 0.333. The molecule has 1 amide bonds. The van der Waals surface area contributed by atoms with Gasteiger partial charge in [-0.1, -0.05) is 6.07 Å². The molecule has 1 aliphatic heterocycles. The second-order valence-electron chi connectivity index (χ2n) is 5.47. The van der Waals surface area contributed by atoms with Crippen LogP contribution in [0, 0.1) is 11.3 Å². The molecular formula is C15H16N6O4S. The predicted octanol–water partition coefficient (Wildman–Crippen LogP) is -0.191. The van der Waals surface area contributed by atoms with E-state index in [4.69, 9.17) is 10.00 Å². The molecule has 0 aliphatic carbocycles. The number of nitriles is 1. The van der Waals surface area contributed by atoms with Gasteiger partial charge in [0.15, 0.2) is 0 Å². The number of nitrogens with one attached hydrogen (secondary N) is 1. The van der Waals surface area contributed by atoms with Crippen LogP contribution in [0.4, 0.5) is 5.69 Å². The monoisotopic (exact) mass is 376 g/mol. The third-order valence-corrected chi connectivity index (χ3v) is 5.56. The Morgan fingerprint density at radius 3 is 2.81 bits per heavy atom. The molecule has 26 heavy (non-hydrogen) atoms. The lowest BCUT2D eigenvalue weighted by molar-refractivity contribution is -0.116. The Bertz CT molecular complexity index is 943. The van der Waals surface area contributed by atoms with Gasteiger partial charge in [-0.05, 0) is 18.2 Å². The van der Waals surface area contributed by atoms with Crippen molar-refractivity contribution in [2.24, 2.45) is 0 Å². The topological polar surface area (TPSA) is 130 Å². The lowest BCUT2D eigenvalue weighted by atomic mass is 10.3. The number of nitrogens with zero attached hydrogens (tertiary/aromatic N) is 5. The van der Waals surface area contributed by atoms with Gasteiger partial charge in [0.2, 0.25) is 15.9 Å². The van der Waals surface area contributed by atoms with Crippen LogP contribution in [0.5, 0.6) is 0 Å². The van der Waals surface area contributed by atoms with Crippen LogP contribution in [0.3, 0.4) is 0 Å². The van der Waals surface area contributed by atoms with Gasteiger partial charge < -0.3 is 10.1 Å². The first kappa shape index (κ1) is 18.0. The summed E-state index contributed by atoms with van der Waals surface area (Å²) in [5, 5.41) is 15.1. The van der Waals surface area contributed by atoms with E-state index in [0.717, 1.165) is 0 Å². The molecule has 1 aromatic heterocycles. The number of aromatic nitrogens is 3. The number of anilines is 1. The summed E-state index contributed by atoms with van der Waals surface area (Å²) in [7, 11) is -3.64. The van der Waals surface area contributed by atoms with Gasteiger partial charge >= 0.3 is 0 Å². The molecule has 136 valence electrons. The zero-order valence-electron chi connectivity index (χ0n) is 13.7. The molecule has 11 heteroatoms. The van der Waals surface area contributed by atoms with Crippen molar-refractivity contribution in [1.29, 1.82) is 5.26 Å². The first-order valence-electron chi connectivity index (χ1n) is 7.76. The van der Waals surface area contributed by atoms with Crippen molar-refractivity contribution in [1.82, 2.24) is 19.1 Å². The minimum Gasteiger partial charge on any atom is -0.379 e. The molecular weight excluding hydrogens is 360 g/mol. The molecule has 3 rings (SSSR count). The Labute approximate surface area is 150 Å². The van der Waals surface area contributed by atoms with Gasteiger partial charge in [0.25, 0.3) is 5.82 Å². The van der Waals surface area contributed by atoms with E-state index in [-0.39, 0.29) is 17.3 Å². The summed E-state index contributed by atoms with van der Waals surface area (Å²) in [5.41, 5.74) is 0.352. The standard InChI is InChI=1S/C15H16N6O4S/c16-9-14-17-11-20(19-14)10-15(22)18-12-2-1-3-13(8-12)26(23,24)21-4-6-25-7-5-21/h1-3,8,11H,4-7,10H2,(H,18,22). The van der Waals surface area contributed by atoms with E-state index in [0.29, 0.717) is 32.0 Å². The molecule has 0 radical (unpaired) electrons. The summed E-state index contributed by atoms with van der Waals surface area (Å²) in [6.07, 6.45) is 1.28. The number of hydrogen-bond donors (Lipinski definition) is 1. The number of morpholine rings is 1. The first-order valence-corrected chi connectivity index (χ1v) is 9.20. The quantitative estimate of drug-likeness (QED) is 0.765. The van der Waals surface area contributed by atoms with Crippen LogP contribution < -0.4 is 5.32 Å². The Morgan fingerprint density at radius 2 is 2.12 bits per heavy atom. The maximum Gasteiger partial charge on any atom is 0.252 e. The second kappa shape index (κ2) is 7.61. The zero-order chi connectivity index (χ0) is 18.6. The highest BCUT2D eigenvalue weighted by molar-refractivity contribution is 7.89. The molecule has 10 nitrogen and oxygen atoms in total. The number of rotatable bonds is 5. The summed E-state index contributed by atoms with van der Waals surface area (Å²) in [4.78, 5) is 15.9. The van der Waals surface area contributed by atoms with Crippen molar-refractivity contribution < 1.29 is 17.9 Å². The molecule has 1 fully saturated rings. The van der Waals surface area contributed by atoms with Crippen LogP contribution in [0.25, 0.3) is 0 Å². The van der Waals surface area contributed by atoms with E-state index in [2.05, 4.69) is 15.4 Å². The Morgan fingerprint density at radius 1 is 1.35 bits per heavy atom. The molecule has 0 bridgehead atoms. The molecule has 2 aromatic rings. The summed E-state index contributed by atoms with van der Waals surface area (Å²) in [6.45, 7) is 1.17. The smallest absolute Gasteiger partial charge is 0.252 e. The predicted molar refractivity (Wildman–Crippen MR) is 89.4 cm³/mol. The number of amides is 1. The van der Waals surface area contributed by atoms with Gasteiger partial charge in [0.05, 0.1) is 18.1 Å². The van der Waals surface area contributed by atoms with Crippen LogP contribution >= 0.6 is 0 Å². The minimum absolute atomic E-state index is 0.0311. The number of ether oxygens (including phenoxy) is 1. The largest absolute Gasteiger partial charge is 0.379 e. The average Bonchev–Trinajstić information content (AvgIpc) is 3.10. The molecule has 0 saturated carbocycles. The lowest BCUT2D eigenvalue weighted by Gasteiger charge is -2.26. The van der Waals surface area contributed by atoms with E-state index < -0.39 is 15.9 Å². The number of carbonyl (C=O) groups is 1. The van der Waals surface area contributed by atoms with Crippen LogP contribution in [0.2, 0.25) is 0 Å². The Kier molecular flexibility index (Phi) is 5.27. The highest BCUT2D eigenvalue weighted by Gasteiger charge is 2.26. The van der Waals surface area contributed by atoms with Gasteiger partial charge in [-0.2, -0.15) is 9.57 Å². The van der Waals surface area contributed by atoms with Gasteiger partial charge in [-0.15, -0.1) is 5.10 Å². The van der Waals surface area contributed by atoms with Crippen molar-refractivity contribution in [3.8, 4) is 6.07 Å². The normalized spacial score (nSPS) is 15.3. The van der Waals surface area contributed by atoms with E-state index in [1.54, 1.807) is 18.2 Å². The maximum atomic E-state index is 12.7. The van der Waals surface area contributed by atoms with Crippen LogP contribution in [0.1, 0.15) is 5.82 Å². The van der Waals surface area contributed by atoms with Crippen LogP contribution in [0.15, 0.2) is 35.5 Å². The van der Waals surface area contributed by atoms with Gasteiger partial charge in [0, 0.05) is 18.8 Å². The number of sulfonamides is 1. The van der Waals surface area contributed by atoms with E-state index >= 15 is 0 Å². The maximum absolute atomic E-state index is 12.7. The van der Waals surface area contributed by atoms with E-state index in [1.807, 2.05) is 0 Å². The molecule has 1 aromatic carbocycles. The number of hydrogen-bond acceptors (Lipinski definition) is 7. The number of benzene rings is 1. The van der Waals surface area contributed by atoms with Gasteiger partial charge in [-0.25, -0.2) is 18.1 Å². The second-order valence-corrected chi connectivity index (χ2v) is 7.41. The Hall–Kier alpha value is -2.81. The third kappa shape index (κ3) is 4.05. The van der Waals surface area contributed by atoms with Gasteiger partial charge in [0.1, 0.15) is 18.9 Å². The van der Waals surface area contributed by atoms with Crippen LogP contribution in [-0.4, -0.2) is 59.7 Å². The highest BCUT2D eigenvalue weighted by Crippen LogP contribution is 2.20. The fourth-order valence-corrected chi connectivity index (χ4v) is 3.89. The van der Waals surface area contributed by atoms with Crippen LogP contribution in [-0.2, 0) is 26.1 Å². The van der Waals surface area contributed by atoms with Crippen molar-refractivity contribution >= 4 is 21.6 Å². The SMILES string of the molecule is N#Cc1ncn(CC(=O)Nc2cccc(S(=O)(=O)N3CCOCC3)c2)n1. The minimum atomic E-state index is -3.64. The van der Waals surface area contributed by atoms with E-state index in [9.17, 15) is 13.2 Å². The average molecular weight is 376 g/mol. The summed E-state index contributed by atoms with van der Waals surface area (Å²) >= 11 is 0. The van der Waals surface area contributed by atoms with E-state index in [1.165, 1.54) is 27.4 Å². The third-order valence-electron chi connectivity index (χ3n) is 3.67. The molecule has 2 heterocycles. The molecule has 1 N–H and O–H groups in total. The Balaban J connectivity index is 1.70. The molecule has 1 aliphatic rings. The van der Waals surface area contributed by atoms with Gasteiger partial charge in [-0.3, -0.25) is 4.79 Å². The number of carbonyl (C=O) groups excluding carboxylic acids is 1. The first-order chi connectivity index (χ1) is 12.5. The van der Waals surface area contributed by atoms with Crippen molar-refractivity contribution in [2.75, 3.05) is 31.6 Å². The zero-order valence-corrected chi connectivity index (χ0v) is 14.5. The van der Waals surface area contributed by atoms with Crippen molar-refractivity contribution in [2.45, 2.75) is 11.4 Å². The molecule has 1 saturated heterocycles. The summed E-state index contributed by atoms with van der Waals surface area (Å²) in [5.74, 6) is -0.447. The fourth-order valence-electron chi connectivity index (χ4n) is 2.44. The molecule has 0 unspecified atom stereocenters. The summed E-state index contributed by atoms with van der Waals surface area (Å²) in [6, 6.07) is 7.82. The highest BCUT2D eigenvalue weighted by atomic mass is 32.2. The molecule has 0 spiro atoms. The summed E-state index contributed by atoms with van der Waals surface area (Å²) < 4.78 is 33.1.